The van der Waals surface area contributed by atoms with E-state index in [1.54, 1.807) is 18.2 Å². The van der Waals surface area contributed by atoms with Crippen LogP contribution in [0.1, 0.15) is 29.7 Å². The lowest BCUT2D eigenvalue weighted by molar-refractivity contribution is 0.571. The lowest BCUT2D eigenvalue weighted by atomic mass is 10.1. The Bertz CT molecular complexity index is 725. The van der Waals surface area contributed by atoms with Gasteiger partial charge in [0.05, 0.1) is 4.90 Å². The monoisotopic (exact) mass is 318 g/mol. The van der Waals surface area contributed by atoms with Crippen molar-refractivity contribution in [3.05, 3.63) is 65.2 Å². The van der Waals surface area contributed by atoms with Gasteiger partial charge in [0.2, 0.25) is 10.0 Å². The fourth-order valence-corrected chi connectivity index (χ4v) is 2.95. The Balaban J connectivity index is 2.08. The normalized spacial score (nSPS) is 13.0. The maximum Gasteiger partial charge on any atom is 0.240 e. The van der Waals surface area contributed by atoms with E-state index in [9.17, 15) is 8.42 Å². The molecule has 118 valence electrons. The third kappa shape index (κ3) is 4.16. The Hall–Kier alpha value is -1.69. The zero-order valence-corrected chi connectivity index (χ0v) is 13.9. The summed E-state index contributed by atoms with van der Waals surface area (Å²) in [5, 5.41) is 3.42. The summed E-state index contributed by atoms with van der Waals surface area (Å²) in [6.45, 7) is 4.83. The second-order valence-electron chi connectivity index (χ2n) is 5.37. The molecule has 22 heavy (non-hydrogen) atoms. The minimum absolute atomic E-state index is 0.0632. The van der Waals surface area contributed by atoms with Gasteiger partial charge in [-0.15, -0.1) is 0 Å². The Morgan fingerprint density at radius 3 is 2.41 bits per heavy atom. The molecule has 4 nitrogen and oxygen atoms in total. The molecule has 0 fully saturated rings. The summed E-state index contributed by atoms with van der Waals surface area (Å²) in [7, 11) is -1.99. The van der Waals surface area contributed by atoms with Crippen molar-refractivity contribution in [1.82, 2.24) is 10.0 Å². The SMILES string of the molecule is CNS(=O)(=O)c1cccc(C(C)NCc2ccc(C)cc2)c1. The maximum atomic E-state index is 11.9. The highest BCUT2D eigenvalue weighted by molar-refractivity contribution is 7.89. The fraction of sp³-hybridized carbons (Fsp3) is 0.294. The zero-order valence-electron chi connectivity index (χ0n) is 13.1. The van der Waals surface area contributed by atoms with Gasteiger partial charge in [-0.2, -0.15) is 0 Å². The van der Waals surface area contributed by atoms with E-state index in [1.807, 2.05) is 13.0 Å². The Morgan fingerprint density at radius 2 is 1.77 bits per heavy atom. The van der Waals surface area contributed by atoms with Crippen molar-refractivity contribution in [3.63, 3.8) is 0 Å². The summed E-state index contributed by atoms with van der Waals surface area (Å²) >= 11 is 0. The van der Waals surface area contributed by atoms with Gasteiger partial charge in [-0.1, -0.05) is 42.0 Å². The van der Waals surface area contributed by atoms with E-state index in [4.69, 9.17) is 0 Å². The molecular formula is C17H22N2O2S. The highest BCUT2D eigenvalue weighted by atomic mass is 32.2. The third-order valence-corrected chi connectivity index (χ3v) is 5.08. The van der Waals surface area contributed by atoms with Gasteiger partial charge in [-0.25, -0.2) is 13.1 Å². The first kappa shape index (κ1) is 16.7. The molecule has 2 aromatic rings. The number of hydrogen-bond donors (Lipinski definition) is 2. The molecule has 0 radical (unpaired) electrons. The highest BCUT2D eigenvalue weighted by Crippen LogP contribution is 2.18. The van der Waals surface area contributed by atoms with Crippen LogP contribution in [0.4, 0.5) is 0 Å². The molecule has 0 aliphatic carbocycles. The van der Waals surface area contributed by atoms with Gasteiger partial charge < -0.3 is 5.32 Å². The highest BCUT2D eigenvalue weighted by Gasteiger charge is 2.13. The zero-order chi connectivity index (χ0) is 16.2. The number of nitrogens with one attached hydrogen (secondary N) is 2. The van der Waals surface area contributed by atoms with Crippen molar-refractivity contribution in [1.29, 1.82) is 0 Å². The molecular weight excluding hydrogens is 296 g/mol. The Kier molecular flexibility index (Phi) is 5.34. The van der Waals surface area contributed by atoms with Crippen LogP contribution < -0.4 is 10.0 Å². The van der Waals surface area contributed by atoms with Crippen molar-refractivity contribution >= 4 is 10.0 Å². The van der Waals surface area contributed by atoms with Crippen LogP contribution in [0, 0.1) is 6.92 Å². The standard InChI is InChI=1S/C17H22N2O2S/c1-13-7-9-15(10-8-13)12-19-14(2)16-5-4-6-17(11-16)22(20,21)18-3/h4-11,14,18-19H,12H2,1-3H3. The van der Waals surface area contributed by atoms with Crippen LogP contribution in [0.15, 0.2) is 53.4 Å². The maximum absolute atomic E-state index is 11.9. The molecule has 0 amide bonds. The quantitative estimate of drug-likeness (QED) is 0.861. The first-order chi connectivity index (χ1) is 10.4. The molecule has 5 heteroatoms. The van der Waals surface area contributed by atoms with Gasteiger partial charge >= 0.3 is 0 Å². The minimum Gasteiger partial charge on any atom is -0.306 e. The lowest BCUT2D eigenvalue weighted by Crippen LogP contribution is -2.21. The van der Waals surface area contributed by atoms with Crippen LogP contribution in [-0.4, -0.2) is 15.5 Å². The van der Waals surface area contributed by atoms with Gasteiger partial charge in [0.1, 0.15) is 0 Å². The van der Waals surface area contributed by atoms with E-state index < -0.39 is 10.0 Å². The molecule has 0 bridgehead atoms. The Morgan fingerprint density at radius 1 is 1.09 bits per heavy atom. The van der Waals surface area contributed by atoms with Crippen LogP contribution in [0.25, 0.3) is 0 Å². The van der Waals surface area contributed by atoms with Crippen molar-refractivity contribution in [2.45, 2.75) is 31.3 Å². The first-order valence-electron chi connectivity index (χ1n) is 7.25. The second-order valence-corrected chi connectivity index (χ2v) is 7.25. The van der Waals surface area contributed by atoms with Crippen molar-refractivity contribution in [2.24, 2.45) is 0 Å². The summed E-state index contributed by atoms with van der Waals surface area (Å²) in [5.41, 5.74) is 3.39. The molecule has 0 spiro atoms. The predicted molar refractivity (Wildman–Crippen MR) is 89.1 cm³/mol. The molecule has 0 aromatic heterocycles. The van der Waals surface area contributed by atoms with Crippen LogP contribution in [0.5, 0.6) is 0 Å². The molecule has 1 atom stereocenters. The van der Waals surface area contributed by atoms with Gasteiger partial charge in [0.25, 0.3) is 0 Å². The largest absolute Gasteiger partial charge is 0.306 e. The van der Waals surface area contributed by atoms with Crippen LogP contribution in [0.3, 0.4) is 0 Å². The van der Waals surface area contributed by atoms with Gasteiger partial charge in [-0.05, 0) is 44.2 Å². The lowest BCUT2D eigenvalue weighted by Gasteiger charge is -2.15. The van der Waals surface area contributed by atoms with E-state index in [-0.39, 0.29) is 10.9 Å². The molecule has 2 aromatic carbocycles. The molecule has 0 aliphatic heterocycles. The van der Waals surface area contributed by atoms with Crippen molar-refractivity contribution in [3.8, 4) is 0 Å². The van der Waals surface area contributed by atoms with Crippen molar-refractivity contribution in [2.75, 3.05) is 7.05 Å². The predicted octanol–water partition coefficient (Wildman–Crippen LogP) is 2.75. The molecule has 0 heterocycles. The van der Waals surface area contributed by atoms with Gasteiger partial charge in [-0.3, -0.25) is 0 Å². The molecule has 0 aliphatic rings. The average molecular weight is 318 g/mol. The van der Waals surface area contributed by atoms with E-state index in [2.05, 4.69) is 41.2 Å². The van der Waals surface area contributed by atoms with E-state index in [0.717, 1.165) is 12.1 Å². The van der Waals surface area contributed by atoms with Gasteiger partial charge in [0, 0.05) is 12.6 Å². The van der Waals surface area contributed by atoms with E-state index >= 15 is 0 Å². The summed E-state index contributed by atoms with van der Waals surface area (Å²) in [6.07, 6.45) is 0. The number of sulfonamides is 1. The van der Waals surface area contributed by atoms with Crippen LogP contribution in [-0.2, 0) is 16.6 Å². The Labute approximate surface area is 132 Å². The number of benzene rings is 2. The van der Waals surface area contributed by atoms with E-state index in [1.165, 1.54) is 18.2 Å². The summed E-state index contributed by atoms with van der Waals surface area (Å²) in [6, 6.07) is 15.4. The molecule has 0 saturated heterocycles. The van der Waals surface area contributed by atoms with E-state index in [0.29, 0.717) is 0 Å². The molecule has 0 saturated carbocycles. The number of hydrogen-bond acceptors (Lipinski definition) is 3. The number of rotatable bonds is 6. The minimum atomic E-state index is -3.40. The second kappa shape index (κ2) is 7.05. The summed E-state index contributed by atoms with van der Waals surface area (Å²) in [4.78, 5) is 0.288. The fourth-order valence-electron chi connectivity index (χ4n) is 2.16. The smallest absolute Gasteiger partial charge is 0.240 e. The molecule has 1 unspecified atom stereocenters. The van der Waals surface area contributed by atoms with Crippen LogP contribution >= 0.6 is 0 Å². The third-order valence-electron chi connectivity index (χ3n) is 3.67. The summed E-state index contributed by atoms with van der Waals surface area (Å²) in [5.74, 6) is 0. The topological polar surface area (TPSA) is 58.2 Å². The van der Waals surface area contributed by atoms with Crippen molar-refractivity contribution < 1.29 is 8.42 Å². The molecule has 2 rings (SSSR count). The molecule has 2 N–H and O–H groups in total. The first-order valence-corrected chi connectivity index (χ1v) is 8.73. The number of aryl methyl sites for hydroxylation is 1. The van der Waals surface area contributed by atoms with Gasteiger partial charge in [0.15, 0.2) is 0 Å². The van der Waals surface area contributed by atoms with Crippen LogP contribution in [0.2, 0.25) is 0 Å². The summed E-state index contributed by atoms with van der Waals surface area (Å²) < 4.78 is 26.0. The average Bonchev–Trinajstić information content (AvgIpc) is 2.54.